The molecule has 0 heterocycles. The van der Waals surface area contributed by atoms with Crippen LogP contribution in [-0.4, -0.2) is 5.91 Å². The van der Waals surface area contributed by atoms with E-state index < -0.39 is 5.91 Å². The summed E-state index contributed by atoms with van der Waals surface area (Å²) in [6.07, 6.45) is 1.53. The number of rotatable bonds is 6. The van der Waals surface area contributed by atoms with Gasteiger partial charge in [0.15, 0.2) is 0 Å². The third kappa shape index (κ3) is 6.51. The second-order valence-corrected chi connectivity index (χ2v) is 9.56. The standard InChI is InChI=1S/C23H14BrFI2N2O2/c24-17-5-7-18(8-6-17)29-23(30)16(12-28)9-14-10-20(26)22(21(27)11-14)31-13-15-3-1-2-4-19(15)25/h1-11H,13H2,(H,29,30)/b16-9-. The molecule has 8 heteroatoms. The topological polar surface area (TPSA) is 62.1 Å². The minimum absolute atomic E-state index is 0.0189. The maximum Gasteiger partial charge on any atom is 0.266 e. The molecule has 1 amide bonds. The fraction of sp³-hybridized carbons (Fsp3) is 0.0435. The van der Waals surface area contributed by atoms with Crippen molar-refractivity contribution in [1.82, 2.24) is 0 Å². The van der Waals surface area contributed by atoms with Gasteiger partial charge in [-0.3, -0.25) is 4.79 Å². The summed E-state index contributed by atoms with van der Waals surface area (Å²) in [5.74, 6) is -0.184. The zero-order valence-electron chi connectivity index (χ0n) is 15.8. The van der Waals surface area contributed by atoms with Gasteiger partial charge in [0, 0.05) is 15.7 Å². The molecule has 0 atom stereocenters. The first-order chi connectivity index (χ1) is 14.9. The molecule has 0 aromatic heterocycles. The van der Waals surface area contributed by atoms with Gasteiger partial charge in [0.2, 0.25) is 0 Å². The van der Waals surface area contributed by atoms with Crippen LogP contribution < -0.4 is 10.1 Å². The SMILES string of the molecule is N#C/C(=C/c1cc(I)c(OCc2ccccc2F)c(I)c1)C(=O)Nc1ccc(Br)cc1. The zero-order chi connectivity index (χ0) is 22.4. The molecular formula is C23H14BrFI2N2O2. The van der Waals surface area contributed by atoms with Gasteiger partial charge in [0.25, 0.3) is 5.91 Å². The van der Waals surface area contributed by atoms with Gasteiger partial charge in [-0.1, -0.05) is 34.1 Å². The van der Waals surface area contributed by atoms with Crippen LogP contribution in [0.4, 0.5) is 10.1 Å². The average molecular weight is 703 g/mol. The number of nitrogens with one attached hydrogen (secondary N) is 1. The van der Waals surface area contributed by atoms with Gasteiger partial charge in [-0.15, -0.1) is 0 Å². The van der Waals surface area contributed by atoms with E-state index in [2.05, 4.69) is 66.4 Å². The van der Waals surface area contributed by atoms with Crippen LogP contribution in [0.15, 0.2) is 70.7 Å². The van der Waals surface area contributed by atoms with Crippen LogP contribution in [0.2, 0.25) is 0 Å². The molecule has 0 radical (unpaired) electrons. The van der Waals surface area contributed by atoms with Crippen LogP contribution >= 0.6 is 61.1 Å². The average Bonchev–Trinajstić information content (AvgIpc) is 2.74. The van der Waals surface area contributed by atoms with E-state index in [1.54, 1.807) is 42.5 Å². The Morgan fingerprint density at radius 2 is 1.77 bits per heavy atom. The smallest absolute Gasteiger partial charge is 0.266 e. The number of hydrogen-bond acceptors (Lipinski definition) is 3. The van der Waals surface area contributed by atoms with Crippen molar-refractivity contribution in [2.24, 2.45) is 0 Å². The minimum atomic E-state index is -0.491. The fourth-order valence-corrected chi connectivity index (χ4v) is 5.01. The van der Waals surface area contributed by atoms with E-state index in [1.165, 1.54) is 12.1 Å². The Bertz CT molecular complexity index is 1170. The second kappa shape index (κ2) is 11.1. The lowest BCUT2D eigenvalue weighted by Gasteiger charge is -2.12. The number of nitriles is 1. The molecule has 3 aromatic carbocycles. The van der Waals surface area contributed by atoms with Gasteiger partial charge in [0.05, 0.1) is 7.14 Å². The first-order valence-corrected chi connectivity index (χ1v) is 11.9. The lowest BCUT2D eigenvalue weighted by Crippen LogP contribution is -2.13. The quantitative estimate of drug-likeness (QED) is 0.172. The van der Waals surface area contributed by atoms with Crippen molar-refractivity contribution in [2.75, 3.05) is 5.32 Å². The normalized spacial score (nSPS) is 11.0. The molecule has 1 N–H and O–H groups in total. The fourth-order valence-electron chi connectivity index (χ4n) is 2.61. The van der Waals surface area contributed by atoms with Gasteiger partial charge < -0.3 is 10.1 Å². The van der Waals surface area contributed by atoms with Gasteiger partial charge >= 0.3 is 0 Å². The predicted octanol–water partition coefficient (Wildman–Crippen LogP) is 6.92. The van der Waals surface area contributed by atoms with E-state index in [-0.39, 0.29) is 18.0 Å². The first-order valence-electron chi connectivity index (χ1n) is 8.91. The molecule has 0 bridgehead atoms. The predicted molar refractivity (Wildman–Crippen MR) is 139 cm³/mol. The molecule has 4 nitrogen and oxygen atoms in total. The number of carbonyl (C=O) groups excluding carboxylic acids is 1. The lowest BCUT2D eigenvalue weighted by atomic mass is 10.1. The molecule has 156 valence electrons. The summed E-state index contributed by atoms with van der Waals surface area (Å²) >= 11 is 7.58. The maximum absolute atomic E-state index is 13.8. The van der Waals surface area contributed by atoms with Crippen molar-refractivity contribution in [3.63, 3.8) is 0 Å². The van der Waals surface area contributed by atoms with E-state index in [0.29, 0.717) is 22.6 Å². The highest BCUT2D eigenvalue weighted by Crippen LogP contribution is 2.31. The molecule has 0 aliphatic rings. The molecule has 31 heavy (non-hydrogen) atoms. The Balaban J connectivity index is 1.77. The van der Waals surface area contributed by atoms with Gasteiger partial charge in [0.1, 0.15) is 29.8 Å². The molecule has 3 rings (SSSR count). The number of nitrogens with zero attached hydrogens (tertiary/aromatic N) is 1. The molecule has 0 saturated heterocycles. The monoisotopic (exact) mass is 702 g/mol. The minimum Gasteiger partial charge on any atom is -0.487 e. The third-order valence-corrected chi connectivity index (χ3v) is 6.26. The van der Waals surface area contributed by atoms with Crippen molar-refractivity contribution in [3.05, 3.63) is 94.8 Å². The van der Waals surface area contributed by atoms with Crippen molar-refractivity contribution in [1.29, 1.82) is 5.26 Å². The zero-order valence-corrected chi connectivity index (χ0v) is 21.7. The van der Waals surface area contributed by atoms with Crippen molar-refractivity contribution < 1.29 is 13.9 Å². The number of benzene rings is 3. The molecular weight excluding hydrogens is 689 g/mol. The van der Waals surface area contributed by atoms with Crippen molar-refractivity contribution in [3.8, 4) is 11.8 Å². The van der Waals surface area contributed by atoms with E-state index in [9.17, 15) is 14.4 Å². The maximum atomic E-state index is 13.8. The van der Waals surface area contributed by atoms with E-state index in [1.807, 2.05) is 18.2 Å². The number of amides is 1. The molecule has 0 saturated carbocycles. The summed E-state index contributed by atoms with van der Waals surface area (Å²) in [7, 11) is 0. The van der Waals surface area contributed by atoms with Crippen LogP contribution in [0.25, 0.3) is 6.08 Å². The van der Waals surface area contributed by atoms with Gasteiger partial charge in [-0.25, -0.2) is 4.39 Å². The lowest BCUT2D eigenvalue weighted by molar-refractivity contribution is -0.112. The highest BCUT2D eigenvalue weighted by Gasteiger charge is 2.13. The molecule has 3 aromatic rings. The van der Waals surface area contributed by atoms with Crippen LogP contribution in [0, 0.1) is 24.3 Å². The number of halogens is 4. The van der Waals surface area contributed by atoms with Crippen LogP contribution in [-0.2, 0) is 11.4 Å². The summed E-state index contributed by atoms with van der Waals surface area (Å²) < 4.78 is 22.1. The summed E-state index contributed by atoms with van der Waals surface area (Å²) in [6.45, 7) is 0.104. The first kappa shape index (κ1) is 23.7. The highest BCUT2D eigenvalue weighted by atomic mass is 127. The van der Waals surface area contributed by atoms with E-state index >= 15 is 0 Å². The van der Waals surface area contributed by atoms with Crippen molar-refractivity contribution >= 4 is 78.8 Å². The van der Waals surface area contributed by atoms with Crippen molar-refractivity contribution in [2.45, 2.75) is 6.61 Å². The number of anilines is 1. The molecule has 0 fully saturated rings. The summed E-state index contributed by atoms with van der Waals surface area (Å²) in [5, 5.41) is 12.2. The van der Waals surface area contributed by atoms with E-state index in [0.717, 1.165) is 11.6 Å². The Hall–Kier alpha value is -1.97. The third-order valence-electron chi connectivity index (χ3n) is 4.13. The van der Waals surface area contributed by atoms with Crippen LogP contribution in [0.1, 0.15) is 11.1 Å². The van der Waals surface area contributed by atoms with Crippen LogP contribution in [0.3, 0.4) is 0 Å². The van der Waals surface area contributed by atoms with Crippen LogP contribution in [0.5, 0.6) is 5.75 Å². The number of hydrogen-bond donors (Lipinski definition) is 1. The highest BCUT2D eigenvalue weighted by molar-refractivity contribution is 14.1. The van der Waals surface area contributed by atoms with Gasteiger partial charge in [-0.05, 0) is 99.3 Å². The summed E-state index contributed by atoms with van der Waals surface area (Å²) in [6, 6.07) is 19.1. The van der Waals surface area contributed by atoms with Gasteiger partial charge in [-0.2, -0.15) is 5.26 Å². The second-order valence-electron chi connectivity index (χ2n) is 6.32. The Kier molecular flexibility index (Phi) is 8.45. The Morgan fingerprint density at radius 3 is 2.39 bits per heavy atom. The Morgan fingerprint density at radius 1 is 1.13 bits per heavy atom. The Labute approximate surface area is 214 Å². The number of carbonyl (C=O) groups is 1. The molecule has 0 aliphatic carbocycles. The molecule has 0 aliphatic heterocycles. The number of ether oxygens (including phenoxy) is 1. The summed E-state index contributed by atoms with van der Waals surface area (Å²) in [5.41, 5.74) is 1.73. The largest absolute Gasteiger partial charge is 0.487 e. The molecule has 0 spiro atoms. The summed E-state index contributed by atoms with van der Waals surface area (Å²) in [4.78, 5) is 12.5. The molecule has 0 unspecified atom stereocenters. The van der Waals surface area contributed by atoms with E-state index in [4.69, 9.17) is 4.74 Å².